The Bertz CT molecular complexity index is 1310. The quantitative estimate of drug-likeness (QED) is 0.0263. The Morgan fingerprint density at radius 3 is 1.08 bits per heavy atom. The molecule has 0 aromatic rings. The van der Waals surface area contributed by atoms with Gasteiger partial charge in [-0.2, -0.15) is 0 Å². The van der Waals surface area contributed by atoms with E-state index in [0.717, 1.165) is 116 Å². The van der Waals surface area contributed by atoms with Crippen molar-refractivity contribution in [2.24, 2.45) is 0 Å². The number of rotatable bonds is 43. The lowest BCUT2D eigenvalue weighted by Gasteiger charge is -2.18. The molecule has 62 heavy (non-hydrogen) atoms. The van der Waals surface area contributed by atoms with Crippen LogP contribution in [0.2, 0.25) is 0 Å². The van der Waals surface area contributed by atoms with Crippen molar-refractivity contribution in [3.8, 4) is 0 Å². The van der Waals surface area contributed by atoms with Crippen LogP contribution in [-0.4, -0.2) is 37.2 Å². The Morgan fingerprint density at radius 1 is 0.339 bits per heavy atom. The summed E-state index contributed by atoms with van der Waals surface area (Å²) in [7, 11) is 0. The zero-order valence-electron chi connectivity index (χ0n) is 39.8. The average molecular weight is 859 g/mol. The van der Waals surface area contributed by atoms with Gasteiger partial charge < -0.3 is 14.2 Å². The van der Waals surface area contributed by atoms with E-state index in [1.165, 1.54) is 44.9 Å². The predicted molar refractivity (Wildman–Crippen MR) is 265 cm³/mol. The molecule has 0 N–H and O–H groups in total. The summed E-state index contributed by atoms with van der Waals surface area (Å²) in [5.41, 5.74) is 0. The summed E-state index contributed by atoms with van der Waals surface area (Å²) in [5, 5.41) is 0. The lowest BCUT2D eigenvalue weighted by atomic mass is 10.1. The highest BCUT2D eigenvalue weighted by molar-refractivity contribution is 5.71. The third kappa shape index (κ3) is 47.1. The minimum absolute atomic E-state index is 0.109. The molecule has 350 valence electrons. The molecule has 1 atom stereocenters. The maximum absolute atomic E-state index is 12.8. The number of hydrogen-bond donors (Lipinski definition) is 0. The molecule has 0 aromatic heterocycles. The molecule has 6 heteroatoms. The summed E-state index contributed by atoms with van der Waals surface area (Å²) in [4.78, 5) is 37.8. The highest BCUT2D eigenvalue weighted by atomic mass is 16.6. The first-order valence-corrected chi connectivity index (χ1v) is 24.9. The maximum atomic E-state index is 12.8. The third-order valence-electron chi connectivity index (χ3n) is 10.0. The molecule has 0 spiro atoms. The van der Waals surface area contributed by atoms with E-state index in [-0.39, 0.29) is 37.5 Å². The molecule has 6 nitrogen and oxygen atoms in total. The lowest BCUT2D eigenvalue weighted by molar-refractivity contribution is -0.166. The van der Waals surface area contributed by atoms with Gasteiger partial charge in [0.15, 0.2) is 6.10 Å². The fraction of sp³-hybridized carbons (Fsp3) is 0.625. The number of allylic oxidation sites excluding steroid dienone is 18. The maximum Gasteiger partial charge on any atom is 0.306 e. The van der Waals surface area contributed by atoms with Crippen LogP contribution in [0.25, 0.3) is 0 Å². The van der Waals surface area contributed by atoms with Gasteiger partial charge in [-0.05, 0) is 89.9 Å². The van der Waals surface area contributed by atoms with Crippen LogP contribution < -0.4 is 0 Å². The largest absolute Gasteiger partial charge is 0.462 e. The second-order valence-corrected chi connectivity index (χ2v) is 16.0. The van der Waals surface area contributed by atoms with Crippen molar-refractivity contribution < 1.29 is 28.6 Å². The molecule has 0 heterocycles. The fourth-order valence-electron chi connectivity index (χ4n) is 6.36. The summed E-state index contributed by atoms with van der Waals surface area (Å²) in [6.07, 6.45) is 66.5. The minimum atomic E-state index is -0.816. The molecule has 0 amide bonds. The first kappa shape index (κ1) is 58.1. The molecule has 0 unspecified atom stereocenters. The molecule has 0 aliphatic rings. The van der Waals surface area contributed by atoms with Gasteiger partial charge in [-0.3, -0.25) is 14.4 Å². The molecule has 0 aromatic carbocycles. The van der Waals surface area contributed by atoms with Crippen LogP contribution in [0.3, 0.4) is 0 Å². The van der Waals surface area contributed by atoms with E-state index in [4.69, 9.17) is 14.2 Å². The van der Waals surface area contributed by atoms with Crippen LogP contribution in [0.4, 0.5) is 0 Å². The van der Waals surface area contributed by atoms with E-state index < -0.39 is 6.10 Å². The Labute approximate surface area is 380 Å². The summed E-state index contributed by atoms with van der Waals surface area (Å²) in [6.45, 7) is 6.30. The van der Waals surface area contributed by atoms with Crippen molar-refractivity contribution in [3.05, 3.63) is 109 Å². The SMILES string of the molecule is CC/C=C\C/C=C\C/C=C\C/C=C\C/C=C\C/C=C\CCC(=O)OC[C@@H](COC(=O)CCCCCCCCCCCC)OC(=O)CCCCCCC/C=C\C/C=C\C/C=C\CC. The summed E-state index contributed by atoms with van der Waals surface area (Å²) in [5.74, 6) is -1.02. The van der Waals surface area contributed by atoms with Gasteiger partial charge >= 0.3 is 17.9 Å². The molecule has 0 bridgehead atoms. The second-order valence-electron chi connectivity index (χ2n) is 16.0. The van der Waals surface area contributed by atoms with E-state index >= 15 is 0 Å². The van der Waals surface area contributed by atoms with E-state index in [0.29, 0.717) is 19.3 Å². The molecular weight excluding hydrogens is 769 g/mol. The molecule has 0 fully saturated rings. The Hall–Kier alpha value is -3.93. The minimum Gasteiger partial charge on any atom is -0.462 e. The van der Waals surface area contributed by atoms with Gasteiger partial charge in [-0.15, -0.1) is 0 Å². The molecule has 0 saturated carbocycles. The number of unbranched alkanes of at least 4 members (excludes halogenated alkanes) is 14. The highest BCUT2D eigenvalue weighted by Crippen LogP contribution is 2.13. The summed E-state index contributed by atoms with van der Waals surface area (Å²) >= 11 is 0. The molecule has 0 aliphatic heterocycles. The van der Waals surface area contributed by atoms with Gasteiger partial charge in [0.05, 0.1) is 0 Å². The zero-order chi connectivity index (χ0) is 45.1. The van der Waals surface area contributed by atoms with Gasteiger partial charge in [-0.25, -0.2) is 0 Å². The first-order valence-electron chi connectivity index (χ1n) is 24.9. The standard InChI is InChI=1S/C56H90O6/c1-4-7-10-13-16-19-22-24-26-27-28-29-31-32-34-37-40-43-46-49-55(58)61-52-53(51-60-54(57)48-45-42-39-36-21-18-15-12-9-6-3)62-56(59)50-47-44-41-38-35-33-30-25-23-20-17-14-11-8-5-2/h7-8,10-11,16-17,19-20,24-26,28-30,32,34,40,43,53H,4-6,9,12-15,18,21-23,27,31,33,35-39,41-42,44-52H2,1-3H3/b10-7-,11-8-,19-16-,20-17-,26-24-,29-28-,30-25-,34-32-,43-40-/t53-/m1/s1. The van der Waals surface area contributed by atoms with E-state index in [1.54, 1.807) is 0 Å². The smallest absolute Gasteiger partial charge is 0.306 e. The Balaban J connectivity index is 4.52. The third-order valence-corrected chi connectivity index (χ3v) is 10.0. The van der Waals surface area contributed by atoms with Crippen molar-refractivity contribution in [3.63, 3.8) is 0 Å². The lowest BCUT2D eigenvalue weighted by Crippen LogP contribution is -2.30. The average Bonchev–Trinajstić information content (AvgIpc) is 3.27. The van der Waals surface area contributed by atoms with Crippen molar-refractivity contribution in [1.82, 2.24) is 0 Å². The van der Waals surface area contributed by atoms with Crippen LogP contribution in [0.15, 0.2) is 109 Å². The van der Waals surface area contributed by atoms with Crippen molar-refractivity contribution in [1.29, 1.82) is 0 Å². The fourth-order valence-corrected chi connectivity index (χ4v) is 6.36. The van der Waals surface area contributed by atoms with Crippen molar-refractivity contribution in [2.45, 2.75) is 213 Å². The van der Waals surface area contributed by atoms with Crippen LogP contribution in [-0.2, 0) is 28.6 Å². The second kappa shape index (κ2) is 49.7. The molecule has 0 rings (SSSR count). The topological polar surface area (TPSA) is 78.9 Å². The first-order chi connectivity index (χ1) is 30.5. The number of hydrogen-bond acceptors (Lipinski definition) is 6. The van der Waals surface area contributed by atoms with E-state index in [2.05, 4.69) is 118 Å². The number of esters is 3. The molecule has 0 radical (unpaired) electrons. The monoisotopic (exact) mass is 859 g/mol. The van der Waals surface area contributed by atoms with Crippen LogP contribution in [0, 0.1) is 0 Å². The van der Waals surface area contributed by atoms with Crippen LogP contribution >= 0.6 is 0 Å². The van der Waals surface area contributed by atoms with Crippen LogP contribution in [0.5, 0.6) is 0 Å². The van der Waals surface area contributed by atoms with Gasteiger partial charge in [0, 0.05) is 19.3 Å². The number of carbonyl (C=O) groups is 3. The normalized spacial score (nSPS) is 13.0. The Kier molecular flexibility index (Phi) is 46.6. The van der Waals surface area contributed by atoms with Crippen molar-refractivity contribution in [2.75, 3.05) is 13.2 Å². The molecule has 0 aliphatic carbocycles. The van der Waals surface area contributed by atoms with E-state index in [1.807, 2.05) is 12.2 Å². The van der Waals surface area contributed by atoms with Gasteiger partial charge in [0.1, 0.15) is 13.2 Å². The Morgan fingerprint density at radius 2 is 0.661 bits per heavy atom. The molecule has 0 saturated heterocycles. The van der Waals surface area contributed by atoms with Crippen molar-refractivity contribution >= 4 is 17.9 Å². The predicted octanol–water partition coefficient (Wildman–Crippen LogP) is 16.4. The highest BCUT2D eigenvalue weighted by Gasteiger charge is 2.19. The van der Waals surface area contributed by atoms with E-state index in [9.17, 15) is 14.4 Å². The van der Waals surface area contributed by atoms with Gasteiger partial charge in [0.25, 0.3) is 0 Å². The van der Waals surface area contributed by atoms with Gasteiger partial charge in [-0.1, -0.05) is 207 Å². The number of ether oxygens (including phenoxy) is 3. The zero-order valence-corrected chi connectivity index (χ0v) is 39.8. The summed E-state index contributed by atoms with van der Waals surface area (Å²) in [6, 6.07) is 0. The van der Waals surface area contributed by atoms with Gasteiger partial charge in [0.2, 0.25) is 0 Å². The summed E-state index contributed by atoms with van der Waals surface area (Å²) < 4.78 is 16.7. The van der Waals surface area contributed by atoms with Crippen LogP contribution in [0.1, 0.15) is 207 Å². The molecular formula is C56H90O6. The number of carbonyl (C=O) groups excluding carboxylic acids is 3.